The SMILES string of the molecule is CC1(C(=O)O)CCC2(C)CCC3(C)C4CC5OC56C(CCC(O)C6(C)C)C4(C)CCC3(C)C2C1. The Morgan fingerprint density at radius 2 is 1.41 bits per heavy atom. The fourth-order valence-corrected chi connectivity index (χ4v) is 11.6. The average molecular weight is 473 g/mol. The minimum absolute atomic E-state index is 0.143. The van der Waals surface area contributed by atoms with Crippen LogP contribution in [0, 0.1) is 50.2 Å². The maximum atomic E-state index is 12.3. The van der Waals surface area contributed by atoms with Crippen LogP contribution in [-0.2, 0) is 9.53 Å². The van der Waals surface area contributed by atoms with Gasteiger partial charge < -0.3 is 14.9 Å². The van der Waals surface area contributed by atoms with Crippen molar-refractivity contribution in [2.45, 2.75) is 130 Å². The Morgan fingerprint density at radius 3 is 2.09 bits per heavy atom. The molecule has 6 rings (SSSR count). The highest BCUT2D eigenvalue weighted by Gasteiger charge is 2.81. The zero-order valence-electron chi connectivity index (χ0n) is 22.7. The molecule has 0 aromatic rings. The van der Waals surface area contributed by atoms with Crippen LogP contribution in [0.2, 0.25) is 0 Å². The normalized spacial score (nSPS) is 61.7. The van der Waals surface area contributed by atoms with Gasteiger partial charge in [-0.3, -0.25) is 4.79 Å². The van der Waals surface area contributed by atoms with Gasteiger partial charge in [-0.15, -0.1) is 0 Å². The maximum Gasteiger partial charge on any atom is 0.309 e. The second-order valence-corrected chi connectivity index (χ2v) is 15.7. The summed E-state index contributed by atoms with van der Waals surface area (Å²) < 4.78 is 6.72. The number of epoxide rings is 1. The number of carbonyl (C=O) groups is 1. The second-order valence-electron chi connectivity index (χ2n) is 15.7. The van der Waals surface area contributed by atoms with Crippen LogP contribution in [0.15, 0.2) is 0 Å². The molecule has 11 unspecified atom stereocenters. The third-order valence-electron chi connectivity index (χ3n) is 14.4. The molecule has 4 nitrogen and oxygen atoms in total. The van der Waals surface area contributed by atoms with Gasteiger partial charge >= 0.3 is 5.97 Å². The summed E-state index contributed by atoms with van der Waals surface area (Å²) in [6.45, 7) is 16.7. The molecule has 0 radical (unpaired) electrons. The van der Waals surface area contributed by atoms with Crippen LogP contribution in [0.1, 0.15) is 113 Å². The number of rotatable bonds is 1. The van der Waals surface area contributed by atoms with E-state index in [-0.39, 0.29) is 44.9 Å². The quantitative estimate of drug-likeness (QED) is 0.431. The van der Waals surface area contributed by atoms with Crippen molar-refractivity contribution in [2.75, 3.05) is 0 Å². The van der Waals surface area contributed by atoms with Gasteiger partial charge in [0.1, 0.15) is 5.60 Å². The van der Waals surface area contributed by atoms with Gasteiger partial charge in [-0.25, -0.2) is 0 Å². The lowest BCUT2D eigenvalue weighted by molar-refractivity contribution is -0.249. The van der Waals surface area contributed by atoms with Crippen molar-refractivity contribution in [2.24, 2.45) is 50.2 Å². The van der Waals surface area contributed by atoms with E-state index in [1.54, 1.807) is 0 Å². The van der Waals surface area contributed by atoms with Crippen LogP contribution in [0.25, 0.3) is 0 Å². The number of aliphatic hydroxyl groups is 1. The predicted molar refractivity (Wildman–Crippen MR) is 132 cm³/mol. The molecule has 0 aromatic carbocycles. The standard InChI is InChI=1S/C30H48O4/c1-24(2)21(31)9-8-18-27(5)13-15-29(7)20-17-26(4,23(32)33)11-10-25(20,3)12-14-28(29,6)19(27)16-22-30(18,24)34-22/h18-22,31H,8-17H2,1-7H3,(H,32,33). The molecule has 1 aliphatic heterocycles. The molecule has 5 saturated carbocycles. The Morgan fingerprint density at radius 1 is 0.794 bits per heavy atom. The summed E-state index contributed by atoms with van der Waals surface area (Å²) in [7, 11) is 0. The molecule has 0 bridgehead atoms. The van der Waals surface area contributed by atoms with Gasteiger partial charge in [0.25, 0.3) is 0 Å². The fraction of sp³-hybridized carbons (Fsp3) is 0.967. The maximum absolute atomic E-state index is 12.3. The number of aliphatic hydroxyl groups excluding tert-OH is 1. The molecule has 6 fully saturated rings. The third-order valence-corrected chi connectivity index (χ3v) is 14.4. The number of hydrogen-bond donors (Lipinski definition) is 2. The molecule has 1 spiro atoms. The highest BCUT2D eigenvalue weighted by molar-refractivity contribution is 5.74. The Bertz CT molecular complexity index is 929. The van der Waals surface area contributed by atoms with Crippen molar-refractivity contribution in [1.82, 2.24) is 0 Å². The molecule has 1 saturated heterocycles. The zero-order valence-corrected chi connectivity index (χ0v) is 22.7. The minimum Gasteiger partial charge on any atom is -0.481 e. The lowest BCUT2D eigenvalue weighted by atomic mass is 9.30. The second kappa shape index (κ2) is 6.44. The van der Waals surface area contributed by atoms with Crippen LogP contribution in [-0.4, -0.2) is 34.0 Å². The van der Waals surface area contributed by atoms with Gasteiger partial charge in [-0.2, -0.15) is 0 Å². The summed E-state index contributed by atoms with van der Waals surface area (Å²) in [5.41, 5.74) is -0.0420. The first-order chi connectivity index (χ1) is 15.6. The van der Waals surface area contributed by atoms with E-state index < -0.39 is 11.4 Å². The molecule has 1 heterocycles. The molecule has 0 aromatic heterocycles. The van der Waals surface area contributed by atoms with Gasteiger partial charge in [0.2, 0.25) is 0 Å². The summed E-state index contributed by atoms with van der Waals surface area (Å²) in [6.07, 6.45) is 10.7. The van der Waals surface area contributed by atoms with Crippen LogP contribution >= 0.6 is 0 Å². The molecule has 34 heavy (non-hydrogen) atoms. The Balaban J connectivity index is 1.41. The number of carboxylic acids is 1. The van der Waals surface area contributed by atoms with E-state index in [0.29, 0.717) is 17.8 Å². The zero-order chi connectivity index (χ0) is 24.7. The van der Waals surface area contributed by atoms with Crippen molar-refractivity contribution in [1.29, 1.82) is 0 Å². The smallest absolute Gasteiger partial charge is 0.309 e. The number of carboxylic acid groups (broad SMARTS) is 1. The van der Waals surface area contributed by atoms with Crippen LogP contribution in [0.3, 0.4) is 0 Å². The predicted octanol–water partition coefficient (Wildman–Crippen LogP) is 6.44. The summed E-state index contributed by atoms with van der Waals surface area (Å²) >= 11 is 0. The van der Waals surface area contributed by atoms with Gasteiger partial charge in [0.15, 0.2) is 0 Å². The van der Waals surface area contributed by atoms with Gasteiger partial charge in [-0.1, -0.05) is 41.5 Å². The number of hydrogen-bond acceptors (Lipinski definition) is 3. The summed E-state index contributed by atoms with van der Waals surface area (Å²) in [5, 5.41) is 21.1. The third kappa shape index (κ3) is 2.42. The van der Waals surface area contributed by atoms with Gasteiger partial charge in [0.05, 0.1) is 17.6 Å². The summed E-state index contributed by atoms with van der Waals surface area (Å²) in [5.74, 6) is 1.00. The Labute approximate surface area is 206 Å². The molecule has 192 valence electrons. The van der Waals surface area contributed by atoms with Crippen molar-refractivity contribution in [3.05, 3.63) is 0 Å². The molecule has 0 amide bonds. The van der Waals surface area contributed by atoms with E-state index in [1.807, 2.05) is 6.92 Å². The van der Waals surface area contributed by atoms with E-state index in [4.69, 9.17) is 4.74 Å². The first kappa shape index (κ1) is 23.8. The van der Waals surface area contributed by atoms with E-state index in [9.17, 15) is 15.0 Å². The van der Waals surface area contributed by atoms with E-state index >= 15 is 0 Å². The molecule has 11 atom stereocenters. The lowest BCUT2D eigenvalue weighted by Gasteiger charge is -2.73. The van der Waals surface area contributed by atoms with Crippen molar-refractivity contribution >= 4 is 5.97 Å². The first-order valence-corrected chi connectivity index (χ1v) is 14.2. The minimum atomic E-state index is -0.595. The number of aliphatic carboxylic acids is 1. The van der Waals surface area contributed by atoms with Gasteiger partial charge in [-0.05, 0) is 111 Å². The summed E-state index contributed by atoms with van der Waals surface area (Å²) in [4.78, 5) is 12.3. The Kier molecular flexibility index (Phi) is 4.50. The molecule has 2 N–H and O–H groups in total. The highest BCUT2D eigenvalue weighted by atomic mass is 16.6. The number of fused-ring (bicyclic) bond motifs is 6. The molecule has 5 aliphatic carbocycles. The van der Waals surface area contributed by atoms with Crippen LogP contribution < -0.4 is 0 Å². The monoisotopic (exact) mass is 472 g/mol. The first-order valence-electron chi connectivity index (χ1n) is 14.2. The number of ether oxygens (including phenoxy) is 1. The van der Waals surface area contributed by atoms with E-state index in [2.05, 4.69) is 41.5 Å². The van der Waals surface area contributed by atoms with E-state index in [0.717, 1.165) is 38.5 Å². The molecule has 6 aliphatic rings. The average Bonchev–Trinajstić information content (AvgIpc) is 3.50. The van der Waals surface area contributed by atoms with Gasteiger partial charge in [0, 0.05) is 5.41 Å². The van der Waals surface area contributed by atoms with Crippen LogP contribution in [0.5, 0.6) is 0 Å². The van der Waals surface area contributed by atoms with Crippen LogP contribution in [0.4, 0.5) is 0 Å². The van der Waals surface area contributed by atoms with Crippen molar-refractivity contribution in [3.8, 4) is 0 Å². The van der Waals surface area contributed by atoms with Crippen molar-refractivity contribution in [3.63, 3.8) is 0 Å². The largest absolute Gasteiger partial charge is 0.481 e. The highest BCUT2D eigenvalue weighted by Crippen LogP contribution is 2.81. The van der Waals surface area contributed by atoms with Crippen molar-refractivity contribution < 1.29 is 19.7 Å². The molecular weight excluding hydrogens is 424 g/mol. The topological polar surface area (TPSA) is 70.1 Å². The summed E-state index contributed by atoms with van der Waals surface area (Å²) in [6, 6.07) is 0. The molecular formula is C30H48O4. The Hall–Kier alpha value is -0.610. The lowest BCUT2D eigenvalue weighted by Crippen LogP contribution is -2.69. The van der Waals surface area contributed by atoms with E-state index in [1.165, 1.54) is 25.7 Å². The molecule has 4 heteroatoms. The fourth-order valence-electron chi connectivity index (χ4n) is 11.6.